The molecule has 3 rings (SSSR count). The van der Waals surface area contributed by atoms with E-state index >= 15 is 0 Å². The standard InChI is InChI=1S/C17H22Cl2N4OS/c1-10-6-14(4-5-24-10)23-11(2)16(17(19)21-12(3)18)22-15(23)7-13-8-25-9-20-13/h8-10,12,14,21H,2,4-7H2,1,3H3/b17-16+/t10-,12?,14-/m1/s1. The molecule has 0 radical (unpaired) electrons. The van der Waals surface area contributed by atoms with Crippen LogP contribution in [0.5, 0.6) is 0 Å². The number of thiazole rings is 1. The molecule has 1 fully saturated rings. The number of nitrogens with one attached hydrogen (secondary N) is 1. The third-order valence-corrected chi connectivity index (χ3v) is 5.29. The highest BCUT2D eigenvalue weighted by Gasteiger charge is 2.24. The van der Waals surface area contributed by atoms with Crippen molar-refractivity contribution in [3.63, 3.8) is 0 Å². The van der Waals surface area contributed by atoms with E-state index < -0.39 is 0 Å². The number of aromatic nitrogens is 3. The summed E-state index contributed by atoms with van der Waals surface area (Å²) in [5, 5.41) is 6.92. The van der Waals surface area contributed by atoms with Crippen molar-refractivity contribution in [1.82, 2.24) is 19.9 Å². The van der Waals surface area contributed by atoms with Crippen LogP contribution in [0.3, 0.4) is 0 Å². The average molecular weight is 401 g/mol. The van der Waals surface area contributed by atoms with Crippen LogP contribution in [0, 0.1) is 0 Å². The van der Waals surface area contributed by atoms with Gasteiger partial charge < -0.3 is 14.6 Å². The van der Waals surface area contributed by atoms with Crippen molar-refractivity contribution in [2.45, 2.75) is 50.8 Å². The van der Waals surface area contributed by atoms with Gasteiger partial charge in [0.1, 0.15) is 16.3 Å². The van der Waals surface area contributed by atoms with E-state index in [2.05, 4.69) is 28.4 Å². The second-order valence-corrected chi connectivity index (χ2v) is 8.04. The predicted molar refractivity (Wildman–Crippen MR) is 103 cm³/mol. The molecule has 1 aliphatic rings. The van der Waals surface area contributed by atoms with Gasteiger partial charge in [-0.25, -0.2) is 9.97 Å². The molecule has 0 bridgehead atoms. The summed E-state index contributed by atoms with van der Waals surface area (Å²) in [5.74, 6) is 0.923. The summed E-state index contributed by atoms with van der Waals surface area (Å²) >= 11 is 14.0. The van der Waals surface area contributed by atoms with E-state index in [4.69, 9.17) is 32.9 Å². The van der Waals surface area contributed by atoms with Crippen molar-refractivity contribution >= 4 is 46.3 Å². The lowest BCUT2D eigenvalue weighted by Gasteiger charge is -2.29. The molecule has 136 valence electrons. The van der Waals surface area contributed by atoms with Gasteiger partial charge in [0.05, 0.1) is 28.2 Å². The fourth-order valence-corrected chi connectivity index (χ4v) is 4.23. The highest BCUT2D eigenvalue weighted by molar-refractivity contribution is 7.07. The smallest absolute Gasteiger partial charge is 0.131 e. The first-order valence-corrected chi connectivity index (χ1v) is 10.1. The van der Waals surface area contributed by atoms with E-state index in [1.807, 2.05) is 17.8 Å². The zero-order valence-corrected chi connectivity index (χ0v) is 16.7. The van der Waals surface area contributed by atoms with Crippen molar-refractivity contribution in [3.05, 3.63) is 33.1 Å². The van der Waals surface area contributed by atoms with Crippen molar-refractivity contribution in [3.8, 4) is 0 Å². The van der Waals surface area contributed by atoms with E-state index in [1.165, 1.54) is 0 Å². The zero-order chi connectivity index (χ0) is 18.0. The van der Waals surface area contributed by atoms with Crippen LogP contribution in [0.1, 0.15) is 44.2 Å². The molecule has 0 aromatic carbocycles. The Morgan fingerprint density at radius 1 is 1.60 bits per heavy atom. The average Bonchev–Trinajstić information content (AvgIpc) is 3.15. The topological polar surface area (TPSA) is 52.0 Å². The van der Waals surface area contributed by atoms with Crippen LogP contribution in [-0.4, -0.2) is 32.7 Å². The van der Waals surface area contributed by atoms with Crippen LogP contribution in [0.4, 0.5) is 0 Å². The van der Waals surface area contributed by atoms with Crippen molar-refractivity contribution in [2.75, 3.05) is 6.61 Å². The lowest BCUT2D eigenvalue weighted by molar-refractivity contribution is 0.00498. The third kappa shape index (κ3) is 4.37. The van der Waals surface area contributed by atoms with Gasteiger partial charge in [-0.15, -0.1) is 11.3 Å². The maximum atomic E-state index is 6.41. The molecule has 2 aromatic rings. The highest BCUT2D eigenvalue weighted by atomic mass is 35.5. The molecule has 8 heteroatoms. The Balaban J connectivity index is 2.06. The van der Waals surface area contributed by atoms with Gasteiger partial charge in [0.2, 0.25) is 0 Å². The predicted octanol–water partition coefficient (Wildman–Crippen LogP) is 2.56. The summed E-state index contributed by atoms with van der Waals surface area (Å²) in [6.45, 7) is 8.91. The van der Waals surface area contributed by atoms with Gasteiger partial charge in [0.15, 0.2) is 0 Å². The first-order chi connectivity index (χ1) is 12.0. The Hall–Kier alpha value is -1.08. The van der Waals surface area contributed by atoms with E-state index in [0.29, 0.717) is 23.0 Å². The van der Waals surface area contributed by atoms with E-state index in [-0.39, 0.29) is 11.6 Å². The lowest BCUT2D eigenvalue weighted by Crippen LogP contribution is -2.38. The highest BCUT2D eigenvalue weighted by Crippen LogP contribution is 2.25. The normalized spacial score (nSPS) is 23.4. The van der Waals surface area contributed by atoms with Gasteiger partial charge in [-0.1, -0.05) is 29.8 Å². The molecular formula is C17H22Cl2N4OS. The van der Waals surface area contributed by atoms with Crippen LogP contribution in [0.15, 0.2) is 10.9 Å². The summed E-state index contributed by atoms with van der Waals surface area (Å²) < 4.78 is 7.90. The van der Waals surface area contributed by atoms with Crippen LogP contribution in [0.25, 0.3) is 11.7 Å². The van der Waals surface area contributed by atoms with Gasteiger partial charge in [-0.3, -0.25) is 0 Å². The molecule has 1 saturated heterocycles. The molecule has 1 unspecified atom stereocenters. The fourth-order valence-electron chi connectivity index (χ4n) is 3.19. The Morgan fingerprint density at radius 2 is 2.40 bits per heavy atom. The molecular weight excluding hydrogens is 379 g/mol. The number of halogens is 2. The number of rotatable bonds is 5. The summed E-state index contributed by atoms with van der Waals surface area (Å²) in [6, 6.07) is 0.295. The Bertz CT molecular complexity index is 819. The van der Waals surface area contributed by atoms with Crippen molar-refractivity contribution < 1.29 is 4.74 Å². The maximum Gasteiger partial charge on any atom is 0.131 e. The van der Waals surface area contributed by atoms with Crippen LogP contribution >= 0.6 is 34.5 Å². The van der Waals surface area contributed by atoms with Gasteiger partial charge in [-0.05, 0) is 26.7 Å². The van der Waals surface area contributed by atoms with E-state index in [1.54, 1.807) is 11.3 Å². The number of ether oxygens (including phenoxy) is 1. The molecule has 5 nitrogen and oxygen atoms in total. The molecule has 1 N–H and O–H groups in total. The third-order valence-electron chi connectivity index (χ3n) is 4.26. The SMILES string of the molecule is C=c1/c(=C(/Cl)NC(C)Cl)nc(Cc2cscn2)n1[C@@H]1CCO[C@H](C)C1. The first kappa shape index (κ1) is 18.7. The largest absolute Gasteiger partial charge is 0.378 e. The second kappa shape index (κ2) is 8.08. The quantitative estimate of drug-likeness (QED) is 0.618. The van der Waals surface area contributed by atoms with Crippen molar-refractivity contribution in [1.29, 1.82) is 0 Å². The van der Waals surface area contributed by atoms with Gasteiger partial charge in [0.25, 0.3) is 0 Å². The van der Waals surface area contributed by atoms with Crippen LogP contribution in [0.2, 0.25) is 0 Å². The number of hydrogen-bond acceptors (Lipinski definition) is 5. The molecule has 3 heterocycles. The van der Waals surface area contributed by atoms with Gasteiger partial charge in [0, 0.05) is 24.4 Å². The molecule has 25 heavy (non-hydrogen) atoms. The van der Waals surface area contributed by atoms with Crippen molar-refractivity contribution in [2.24, 2.45) is 0 Å². The van der Waals surface area contributed by atoms with E-state index in [9.17, 15) is 0 Å². The van der Waals surface area contributed by atoms with Crippen LogP contribution < -0.4 is 16.0 Å². The zero-order valence-electron chi connectivity index (χ0n) is 14.3. The molecule has 3 atom stereocenters. The second-order valence-electron chi connectivity index (χ2n) is 6.28. The van der Waals surface area contributed by atoms with Gasteiger partial charge >= 0.3 is 0 Å². The minimum absolute atomic E-state index is 0.219. The van der Waals surface area contributed by atoms with Crippen LogP contribution in [-0.2, 0) is 11.2 Å². The molecule has 0 aliphatic carbocycles. The Kier molecular flexibility index (Phi) is 6.04. The summed E-state index contributed by atoms with van der Waals surface area (Å²) in [4.78, 5) is 9.16. The molecule has 2 aromatic heterocycles. The molecule has 0 spiro atoms. The maximum absolute atomic E-state index is 6.41. The Labute approximate surface area is 161 Å². The summed E-state index contributed by atoms with van der Waals surface area (Å²) in [7, 11) is 0. The fraction of sp³-hybridized carbons (Fsp3) is 0.529. The first-order valence-electron chi connectivity index (χ1n) is 8.30. The molecule has 1 aliphatic heterocycles. The summed E-state index contributed by atoms with van der Waals surface area (Å²) in [5.41, 5.74) is 2.54. The summed E-state index contributed by atoms with van der Waals surface area (Å²) in [6.07, 6.45) is 2.73. The number of imidazole rings is 1. The van der Waals surface area contributed by atoms with E-state index in [0.717, 1.165) is 36.3 Å². The molecule has 0 amide bonds. The molecule has 0 saturated carbocycles. The number of nitrogens with zero attached hydrogens (tertiary/aromatic N) is 3. The number of alkyl halides is 1. The minimum Gasteiger partial charge on any atom is -0.378 e. The monoisotopic (exact) mass is 400 g/mol. The number of hydrogen-bond donors (Lipinski definition) is 1. The lowest BCUT2D eigenvalue weighted by atomic mass is 10.0. The van der Waals surface area contributed by atoms with Gasteiger partial charge in [-0.2, -0.15) is 0 Å². The minimum atomic E-state index is -0.290. The Morgan fingerprint density at radius 3 is 3.04 bits per heavy atom.